The Labute approximate surface area is 126 Å². The molecule has 114 valence electrons. The minimum Gasteiger partial charge on any atom is -0.462 e. The zero-order chi connectivity index (χ0) is 15.9. The lowest BCUT2D eigenvalue weighted by Gasteiger charge is -2.00. The predicted octanol–water partition coefficient (Wildman–Crippen LogP) is 2.43. The summed E-state index contributed by atoms with van der Waals surface area (Å²) in [6.07, 6.45) is 3.15. The summed E-state index contributed by atoms with van der Waals surface area (Å²) >= 11 is 0. The maximum Gasteiger partial charge on any atom is 0.344 e. The van der Waals surface area contributed by atoms with Crippen LogP contribution in [0.4, 0.5) is 5.82 Å². The number of hydrogen-bond donors (Lipinski definition) is 1. The summed E-state index contributed by atoms with van der Waals surface area (Å²) in [4.78, 5) is 28.4. The smallest absolute Gasteiger partial charge is 0.344 e. The van der Waals surface area contributed by atoms with Crippen LogP contribution in [0.25, 0.3) is 6.08 Å². The van der Waals surface area contributed by atoms with Crippen molar-refractivity contribution in [3.63, 3.8) is 0 Å². The van der Waals surface area contributed by atoms with Crippen molar-refractivity contribution in [3.8, 4) is 0 Å². The molecule has 1 aromatic heterocycles. The molecule has 0 aliphatic heterocycles. The maximum absolute atomic E-state index is 11.6. The Hall–Kier alpha value is -2.96. The molecule has 1 aromatic carbocycles. The van der Waals surface area contributed by atoms with E-state index in [4.69, 9.17) is 4.74 Å². The van der Waals surface area contributed by atoms with Gasteiger partial charge in [0.2, 0.25) is 0 Å². The van der Waals surface area contributed by atoms with E-state index < -0.39 is 10.9 Å². The quantitative estimate of drug-likeness (QED) is 0.382. The lowest BCUT2D eigenvalue weighted by molar-refractivity contribution is -0.390. The van der Waals surface area contributed by atoms with Gasteiger partial charge in [-0.05, 0) is 16.6 Å². The highest BCUT2D eigenvalue weighted by Gasteiger charge is 2.17. The predicted molar refractivity (Wildman–Crippen MR) is 80.1 cm³/mol. The van der Waals surface area contributed by atoms with E-state index in [1.807, 2.05) is 30.3 Å². The van der Waals surface area contributed by atoms with Crippen molar-refractivity contribution in [3.05, 3.63) is 63.6 Å². The SMILES string of the molecule is Cc1nc(CCOC(=O)C=Cc2ccccc2)c([N+](=O)[O-])[nH]1. The third kappa shape index (κ3) is 4.27. The zero-order valence-electron chi connectivity index (χ0n) is 12.0. The summed E-state index contributed by atoms with van der Waals surface area (Å²) in [6.45, 7) is 1.66. The topological polar surface area (TPSA) is 98.1 Å². The number of ether oxygens (including phenoxy) is 1. The number of nitrogens with one attached hydrogen (secondary N) is 1. The lowest BCUT2D eigenvalue weighted by Crippen LogP contribution is -2.06. The molecule has 0 spiro atoms. The van der Waals surface area contributed by atoms with Crippen molar-refractivity contribution in [1.82, 2.24) is 9.97 Å². The monoisotopic (exact) mass is 301 g/mol. The van der Waals surface area contributed by atoms with Gasteiger partial charge < -0.3 is 14.9 Å². The van der Waals surface area contributed by atoms with Crippen LogP contribution in [-0.4, -0.2) is 27.5 Å². The molecule has 0 radical (unpaired) electrons. The fourth-order valence-corrected chi connectivity index (χ4v) is 1.88. The Kier molecular flexibility index (Phi) is 5.02. The Morgan fingerprint density at radius 2 is 2.14 bits per heavy atom. The number of carbonyl (C=O) groups excluding carboxylic acids is 1. The molecule has 0 amide bonds. The first-order chi connectivity index (χ1) is 10.6. The third-order valence-corrected chi connectivity index (χ3v) is 2.85. The number of rotatable bonds is 6. The van der Waals surface area contributed by atoms with Gasteiger partial charge in [-0.2, -0.15) is 0 Å². The number of benzene rings is 1. The number of carbonyl (C=O) groups is 1. The average Bonchev–Trinajstić information content (AvgIpc) is 2.87. The highest BCUT2D eigenvalue weighted by Crippen LogP contribution is 2.15. The van der Waals surface area contributed by atoms with Crippen LogP contribution < -0.4 is 0 Å². The molecular weight excluding hydrogens is 286 g/mol. The summed E-state index contributed by atoms with van der Waals surface area (Å²) < 4.78 is 5.01. The normalized spacial score (nSPS) is 10.8. The molecule has 0 unspecified atom stereocenters. The average molecular weight is 301 g/mol. The standard InChI is InChI=1S/C15H15N3O4/c1-11-16-13(15(17-11)18(20)21)9-10-22-14(19)8-7-12-5-3-2-4-6-12/h2-8H,9-10H2,1H3,(H,16,17). The van der Waals surface area contributed by atoms with E-state index in [0.717, 1.165) is 5.56 Å². The van der Waals surface area contributed by atoms with Crippen molar-refractivity contribution in [1.29, 1.82) is 0 Å². The maximum atomic E-state index is 11.6. The third-order valence-electron chi connectivity index (χ3n) is 2.85. The van der Waals surface area contributed by atoms with Gasteiger partial charge in [0.1, 0.15) is 5.69 Å². The van der Waals surface area contributed by atoms with Crippen LogP contribution in [0.15, 0.2) is 36.4 Å². The summed E-state index contributed by atoms with van der Waals surface area (Å²) in [5, 5.41) is 10.8. The van der Waals surface area contributed by atoms with E-state index in [2.05, 4.69) is 9.97 Å². The number of nitro groups is 1. The molecule has 0 atom stereocenters. The number of H-pyrrole nitrogens is 1. The molecule has 2 aromatic rings. The van der Waals surface area contributed by atoms with Crippen LogP contribution in [0.3, 0.4) is 0 Å². The number of nitrogens with zero attached hydrogens (tertiary/aromatic N) is 2. The second-order valence-electron chi connectivity index (χ2n) is 4.54. The Morgan fingerprint density at radius 3 is 2.82 bits per heavy atom. The molecule has 0 saturated carbocycles. The number of aryl methyl sites for hydroxylation is 1. The molecule has 0 aliphatic carbocycles. The minimum atomic E-state index is -0.535. The second-order valence-corrected chi connectivity index (χ2v) is 4.54. The van der Waals surface area contributed by atoms with E-state index >= 15 is 0 Å². The first-order valence-electron chi connectivity index (χ1n) is 6.66. The second kappa shape index (κ2) is 7.16. The van der Waals surface area contributed by atoms with Crippen LogP contribution in [0.5, 0.6) is 0 Å². The number of aromatic nitrogens is 2. The van der Waals surface area contributed by atoms with Gasteiger partial charge in [0.15, 0.2) is 5.82 Å². The molecule has 0 saturated heterocycles. The first kappa shape index (κ1) is 15.4. The molecule has 1 heterocycles. The molecule has 7 heteroatoms. The van der Waals surface area contributed by atoms with Crippen LogP contribution in [0.2, 0.25) is 0 Å². The van der Waals surface area contributed by atoms with Gasteiger partial charge in [-0.25, -0.2) is 14.8 Å². The first-order valence-corrected chi connectivity index (χ1v) is 6.66. The van der Waals surface area contributed by atoms with Crippen molar-refractivity contribution in [2.24, 2.45) is 0 Å². The van der Waals surface area contributed by atoms with Gasteiger partial charge in [-0.1, -0.05) is 30.3 Å². The summed E-state index contributed by atoms with van der Waals surface area (Å²) in [6, 6.07) is 9.34. The van der Waals surface area contributed by atoms with E-state index in [1.54, 1.807) is 13.0 Å². The zero-order valence-corrected chi connectivity index (χ0v) is 12.0. The molecule has 1 N–H and O–H groups in total. The number of esters is 1. The van der Waals surface area contributed by atoms with E-state index in [9.17, 15) is 14.9 Å². The fraction of sp³-hybridized carbons (Fsp3) is 0.200. The van der Waals surface area contributed by atoms with Crippen LogP contribution in [0.1, 0.15) is 17.1 Å². The number of imidazole rings is 1. The van der Waals surface area contributed by atoms with Crippen LogP contribution >= 0.6 is 0 Å². The Morgan fingerprint density at radius 1 is 1.41 bits per heavy atom. The van der Waals surface area contributed by atoms with Crippen LogP contribution in [0, 0.1) is 17.0 Å². The molecule has 2 rings (SSSR count). The van der Waals surface area contributed by atoms with Crippen molar-refractivity contribution >= 4 is 17.9 Å². The highest BCUT2D eigenvalue weighted by molar-refractivity contribution is 5.87. The van der Waals surface area contributed by atoms with Gasteiger partial charge >= 0.3 is 11.8 Å². The molecule has 0 fully saturated rings. The fourth-order valence-electron chi connectivity index (χ4n) is 1.88. The largest absolute Gasteiger partial charge is 0.462 e. The van der Waals surface area contributed by atoms with E-state index in [0.29, 0.717) is 5.82 Å². The summed E-state index contributed by atoms with van der Waals surface area (Å²) in [7, 11) is 0. The molecule has 22 heavy (non-hydrogen) atoms. The van der Waals surface area contributed by atoms with Gasteiger partial charge in [-0.15, -0.1) is 0 Å². The van der Waals surface area contributed by atoms with E-state index in [-0.39, 0.29) is 24.5 Å². The Balaban J connectivity index is 1.85. The van der Waals surface area contributed by atoms with Gasteiger partial charge in [-0.3, -0.25) is 0 Å². The van der Waals surface area contributed by atoms with Gasteiger partial charge in [0, 0.05) is 19.4 Å². The molecule has 0 aliphatic rings. The lowest BCUT2D eigenvalue weighted by atomic mass is 10.2. The van der Waals surface area contributed by atoms with Crippen molar-refractivity contribution in [2.45, 2.75) is 13.3 Å². The highest BCUT2D eigenvalue weighted by atomic mass is 16.6. The molecule has 7 nitrogen and oxygen atoms in total. The number of aromatic amines is 1. The molecule has 0 bridgehead atoms. The van der Waals surface area contributed by atoms with Crippen molar-refractivity contribution in [2.75, 3.05) is 6.61 Å². The molecular formula is C15H15N3O4. The van der Waals surface area contributed by atoms with Crippen LogP contribution in [-0.2, 0) is 16.0 Å². The summed E-state index contributed by atoms with van der Waals surface area (Å²) in [5.74, 6) is -0.204. The summed E-state index contributed by atoms with van der Waals surface area (Å²) in [5.41, 5.74) is 1.17. The van der Waals surface area contributed by atoms with Gasteiger partial charge in [0.25, 0.3) is 0 Å². The van der Waals surface area contributed by atoms with E-state index in [1.165, 1.54) is 6.08 Å². The van der Waals surface area contributed by atoms with Crippen molar-refractivity contribution < 1.29 is 14.5 Å². The Bertz CT molecular complexity index is 692. The van der Waals surface area contributed by atoms with Gasteiger partial charge in [0.05, 0.1) is 6.61 Å². The minimum absolute atomic E-state index is 0.0308. The number of hydrogen-bond acceptors (Lipinski definition) is 5.